The van der Waals surface area contributed by atoms with Crippen molar-refractivity contribution in [2.45, 2.75) is 23.5 Å². The highest BCUT2D eigenvalue weighted by molar-refractivity contribution is 8.00. The molecule has 0 aliphatic carbocycles. The highest BCUT2D eigenvalue weighted by Gasteiger charge is 2.25. The minimum absolute atomic E-state index is 0.193. The topological polar surface area (TPSA) is 55.8 Å². The van der Waals surface area contributed by atoms with Gasteiger partial charge in [-0.25, -0.2) is 4.79 Å². The van der Waals surface area contributed by atoms with Crippen LogP contribution < -0.4 is 9.64 Å². The van der Waals surface area contributed by atoms with Gasteiger partial charge in [0, 0.05) is 21.7 Å². The van der Waals surface area contributed by atoms with E-state index in [2.05, 4.69) is 6.92 Å². The van der Waals surface area contributed by atoms with Gasteiger partial charge in [-0.2, -0.15) is 0 Å². The Morgan fingerprint density at radius 2 is 2.04 bits per heavy atom. The first-order chi connectivity index (χ1) is 13.0. The molecule has 0 radical (unpaired) electrons. The fourth-order valence-electron chi connectivity index (χ4n) is 2.87. The maximum Gasteiger partial charge on any atom is 0.342 e. The van der Waals surface area contributed by atoms with Gasteiger partial charge >= 0.3 is 5.97 Å². The number of ether oxygens (including phenoxy) is 2. The van der Waals surface area contributed by atoms with Crippen LogP contribution in [-0.4, -0.2) is 37.4 Å². The highest BCUT2D eigenvalue weighted by atomic mass is 35.5. The van der Waals surface area contributed by atoms with Crippen LogP contribution in [0.1, 0.15) is 23.7 Å². The van der Waals surface area contributed by atoms with Crippen molar-refractivity contribution in [2.24, 2.45) is 0 Å². The van der Waals surface area contributed by atoms with Crippen molar-refractivity contribution in [3.8, 4) is 5.75 Å². The van der Waals surface area contributed by atoms with Crippen molar-refractivity contribution in [2.75, 3.05) is 25.2 Å². The molecule has 7 heteroatoms. The predicted octanol–water partition coefficient (Wildman–Crippen LogP) is 4.42. The second-order valence-corrected chi connectivity index (χ2v) is 8.07. The molecule has 2 aromatic carbocycles. The van der Waals surface area contributed by atoms with Crippen LogP contribution in [0.4, 0.5) is 5.69 Å². The van der Waals surface area contributed by atoms with Gasteiger partial charge in [-0.05, 0) is 36.8 Å². The number of esters is 1. The molecule has 27 heavy (non-hydrogen) atoms. The van der Waals surface area contributed by atoms with Gasteiger partial charge < -0.3 is 14.4 Å². The minimum Gasteiger partial charge on any atom is -0.496 e. The molecular formula is C20H20ClNO4S. The van der Waals surface area contributed by atoms with Crippen LogP contribution in [0.3, 0.4) is 0 Å². The zero-order valence-corrected chi connectivity index (χ0v) is 16.7. The monoisotopic (exact) mass is 405 g/mol. The number of nitrogens with zero attached hydrogens (tertiary/aromatic N) is 1. The lowest BCUT2D eigenvalue weighted by atomic mass is 10.2. The number of anilines is 1. The highest BCUT2D eigenvalue weighted by Crippen LogP contribution is 2.37. The van der Waals surface area contributed by atoms with E-state index in [0.717, 1.165) is 17.0 Å². The first-order valence-corrected chi connectivity index (χ1v) is 9.82. The zero-order valence-electron chi connectivity index (χ0n) is 15.1. The van der Waals surface area contributed by atoms with Crippen molar-refractivity contribution in [3.05, 3.63) is 53.1 Å². The number of benzene rings is 2. The largest absolute Gasteiger partial charge is 0.496 e. The first kappa shape index (κ1) is 19.6. The molecule has 1 aliphatic heterocycles. The SMILES string of the molecule is COc1ccc(Cl)cc1C(=O)OCC(=O)N1CC[C@H](C)Sc2ccccc21. The van der Waals surface area contributed by atoms with Crippen LogP contribution in [0, 0.1) is 0 Å². The summed E-state index contributed by atoms with van der Waals surface area (Å²) in [4.78, 5) is 27.9. The number of amides is 1. The van der Waals surface area contributed by atoms with Gasteiger partial charge in [0.15, 0.2) is 6.61 Å². The predicted molar refractivity (Wildman–Crippen MR) is 107 cm³/mol. The Balaban J connectivity index is 1.73. The molecule has 1 heterocycles. The molecule has 1 aliphatic rings. The maximum atomic E-state index is 12.8. The number of para-hydroxylation sites is 1. The van der Waals surface area contributed by atoms with E-state index >= 15 is 0 Å². The molecule has 3 rings (SSSR count). The Bertz CT molecular complexity index is 858. The summed E-state index contributed by atoms with van der Waals surface area (Å²) in [5, 5.41) is 0.795. The Hall–Kier alpha value is -2.18. The average Bonchev–Trinajstić information content (AvgIpc) is 2.84. The number of hydrogen-bond acceptors (Lipinski definition) is 5. The molecule has 1 amide bonds. The van der Waals surface area contributed by atoms with E-state index in [9.17, 15) is 9.59 Å². The van der Waals surface area contributed by atoms with E-state index in [-0.39, 0.29) is 18.1 Å². The van der Waals surface area contributed by atoms with Gasteiger partial charge in [0.2, 0.25) is 0 Å². The first-order valence-electron chi connectivity index (χ1n) is 8.56. The van der Waals surface area contributed by atoms with E-state index < -0.39 is 5.97 Å². The second kappa shape index (κ2) is 8.67. The van der Waals surface area contributed by atoms with Gasteiger partial charge in [0.05, 0.1) is 12.8 Å². The van der Waals surface area contributed by atoms with Crippen LogP contribution in [0.15, 0.2) is 47.4 Å². The quantitative estimate of drug-likeness (QED) is 0.704. The van der Waals surface area contributed by atoms with Crippen LogP contribution in [0.5, 0.6) is 5.75 Å². The lowest BCUT2D eigenvalue weighted by Gasteiger charge is -2.22. The Morgan fingerprint density at radius 1 is 1.26 bits per heavy atom. The number of thioether (sulfide) groups is 1. The Labute approximate surface area is 167 Å². The number of hydrogen-bond donors (Lipinski definition) is 0. The lowest BCUT2D eigenvalue weighted by Crippen LogP contribution is -2.35. The van der Waals surface area contributed by atoms with E-state index in [1.54, 1.807) is 28.8 Å². The average molecular weight is 406 g/mol. The molecular weight excluding hydrogens is 386 g/mol. The van der Waals surface area contributed by atoms with Crippen LogP contribution in [0.2, 0.25) is 5.02 Å². The summed E-state index contributed by atoms with van der Waals surface area (Å²) in [6, 6.07) is 12.5. The molecule has 0 saturated heterocycles. The molecule has 0 aromatic heterocycles. The van der Waals surface area contributed by atoms with Crippen molar-refractivity contribution >= 4 is 40.9 Å². The second-order valence-electron chi connectivity index (χ2n) is 6.15. The van der Waals surface area contributed by atoms with Crippen LogP contribution >= 0.6 is 23.4 Å². The number of methoxy groups -OCH3 is 1. The molecule has 0 unspecified atom stereocenters. The normalized spacial score (nSPS) is 16.3. The summed E-state index contributed by atoms with van der Waals surface area (Å²) in [5.41, 5.74) is 1.05. The third-order valence-electron chi connectivity index (χ3n) is 4.25. The third-order valence-corrected chi connectivity index (χ3v) is 5.72. The van der Waals surface area contributed by atoms with Crippen molar-refractivity contribution in [3.63, 3.8) is 0 Å². The molecule has 0 N–H and O–H groups in total. The number of fused-ring (bicyclic) bond motifs is 1. The molecule has 2 aromatic rings. The van der Waals surface area contributed by atoms with E-state index in [1.807, 2.05) is 24.3 Å². The maximum absolute atomic E-state index is 12.8. The van der Waals surface area contributed by atoms with Gasteiger partial charge in [0.25, 0.3) is 5.91 Å². The molecule has 5 nitrogen and oxygen atoms in total. The summed E-state index contributed by atoms with van der Waals surface area (Å²) >= 11 is 7.70. The fraction of sp³-hybridized carbons (Fsp3) is 0.300. The smallest absolute Gasteiger partial charge is 0.342 e. The van der Waals surface area contributed by atoms with Gasteiger partial charge in [-0.1, -0.05) is 30.7 Å². The van der Waals surface area contributed by atoms with E-state index in [4.69, 9.17) is 21.1 Å². The molecule has 0 saturated carbocycles. The van der Waals surface area contributed by atoms with E-state index in [0.29, 0.717) is 22.6 Å². The molecule has 0 bridgehead atoms. The summed E-state index contributed by atoms with van der Waals surface area (Å²) in [5.74, 6) is -0.553. The van der Waals surface area contributed by atoms with Crippen molar-refractivity contribution in [1.82, 2.24) is 0 Å². The van der Waals surface area contributed by atoms with Crippen LogP contribution in [-0.2, 0) is 9.53 Å². The van der Waals surface area contributed by atoms with Gasteiger partial charge in [-0.3, -0.25) is 4.79 Å². The molecule has 0 fully saturated rings. The number of carbonyl (C=O) groups is 2. The summed E-state index contributed by atoms with van der Waals surface area (Å²) in [7, 11) is 1.46. The minimum atomic E-state index is -0.645. The molecule has 0 spiro atoms. The Kier molecular flexibility index (Phi) is 6.29. The van der Waals surface area contributed by atoms with Crippen LogP contribution in [0.25, 0.3) is 0 Å². The fourth-order valence-corrected chi connectivity index (χ4v) is 4.15. The van der Waals surface area contributed by atoms with Crippen molar-refractivity contribution in [1.29, 1.82) is 0 Å². The van der Waals surface area contributed by atoms with Crippen molar-refractivity contribution < 1.29 is 19.1 Å². The number of halogens is 1. The standard InChI is InChI=1S/C20H20ClNO4S/c1-13-9-10-22(16-5-3-4-6-18(16)27-13)19(23)12-26-20(24)15-11-14(21)7-8-17(15)25-2/h3-8,11,13H,9-10,12H2,1-2H3/t13-/m0/s1. The zero-order chi connectivity index (χ0) is 19.4. The summed E-state index contributed by atoms with van der Waals surface area (Å²) in [6.07, 6.45) is 0.862. The summed E-state index contributed by atoms with van der Waals surface area (Å²) in [6.45, 7) is 2.38. The molecule has 1 atom stereocenters. The lowest BCUT2D eigenvalue weighted by molar-refractivity contribution is -0.121. The third kappa shape index (κ3) is 4.57. The summed E-state index contributed by atoms with van der Waals surface area (Å²) < 4.78 is 10.4. The number of carbonyl (C=O) groups excluding carboxylic acids is 2. The number of rotatable bonds is 4. The van der Waals surface area contributed by atoms with Gasteiger partial charge in [-0.15, -0.1) is 11.8 Å². The van der Waals surface area contributed by atoms with Gasteiger partial charge in [0.1, 0.15) is 11.3 Å². The van der Waals surface area contributed by atoms with E-state index in [1.165, 1.54) is 13.2 Å². The molecule has 142 valence electrons. The Morgan fingerprint density at radius 3 is 2.81 bits per heavy atom.